The topological polar surface area (TPSA) is 105 Å². The fourth-order valence-electron chi connectivity index (χ4n) is 9.33. The maximum absolute atomic E-state index is 11.1. The van der Waals surface area contributed by atoms with Crippen LogP contribution in [0, 0.1) is 104 Å². The van der Waals surface area contributed by atoms with E-state index in [4.69, 9.17) is 0 Å². The van der Waals surface area contributed by atoms with Crippen molar-refractivity contribution in [3.63, 3.8) is 0 Å². The molecule has 0 radical (unpaired) electrons. The molecule has 0 saturated heterocycles. The van der Waals surface area contributed by atoms with Crippen molar-refractivity contribution in [1.29, 1.82) is 0 Å². The van der Waals surface area contributed by atoms with Crippen LogP contribution in [0.1, 0.15) is 165 Å². The predicted molar refractivity (Wildman–Crippen MR) is 239 cm³/mol. The predicted octanol–water partition coefficient (Wildman–Crippen LogP) is 12.2. The normalized spacial score (nSPS) is 27.5. The molecule has 4 bridgehead atoms. The van der Waals surface area contributed by atoms with E-state index >= 15 is 0 Å². The fraction of sp³-hybridized carbons (Fsp3) is 0.920. The van der Waals surface area contributed by atoms with Gasteiger partial charge in [-0.15, -0.1) is 0 Å². The summed E-state index contributed by atoms with van der Waals surface area (Å²) in [5.41, 5.74) is -0.258. The molecule has 8 unspecified atom stereocenters. The lowest BCUT2D eigenvalue weighted by molar-refractivity contribution is -0.154. The number of fused-ring (bicyclic) bond motifs is 9. The van der Waals surface area contributed by atoms with Crippen molar-refractivity contribution in [3.8, 4) is 0 Å². The third-order valence-electron chi connectivity index (χ3n) is 17.7. The third-order valence-corrected chi connectivity index (χ3v) is 17.7. The number of carbonyl (C=O) groups excluding carboxylic acids is 4. The summed E-state index contributed by atoms with van der Waals surface area (Å²) in [5.74, 6) is 9.20. The molecular weight excluding hydrogens is 729 g/mol. The standard InChI is InChI=1S/C18H30.4C8H16O2/c1-9-10(2)12-7-11(9)15-13-8-14(16(12)15)18(5,6)17(13,3)4;4*1-6(2)8(3,4)7(9)10-5/h9-16H,7-8H2,1-6H3;4*6H,1-5H3. The monoisotopic (exact) mass is 823 g/mol. The van der Waals surface area contributed by atoms with E-state index in [0.717, 1.165) is 47.3 Å². The van der Waals surface area contributed by atoms with E-state index in [9.17, 15) is 19.2 Å². The van der Waals surface area contributed by atoms with Gasteiger partial charge in [-0.25, -0.2) is 0 Å². The average Bonchev–Trinajstić information content (AvgIpc) is 3.84. The molecule has 0 aromatic carbocycles. The molecule has 8 nitrogen and oxygen atoms in total. The molecule has 0 aromatic heterocycles. The Hall–Kier alpha value is -2.12. The Labute approximate surface area is 358 Å². The number of methoxy groups -OCH3 is 4. The Morgan fingerprint density at radius 2 is 0.621 bits per heavy atom. The van der Waals surface area contributed by atoms with Crippen molar-refractivity contribution in [2.45, 2.75) is 165 Å². The van der Waals surface area contributed by atoms with Crippen LogP contribution >= 0.6 is 0 Å². The molecule has 4 rings (SSSR count). The Balaban J connectivity index is 0.000000727. The van der Waals surface area contributed by atoms with Gasteiger partial charge in [0.2, 0.25) is 0 Å². The van der Waals surface area contributed by atoms with Gasteiger partial charge in [-0.2, -0.15) is 0 Å². The second-order valence-corrected chi connectivity index (χ2v) is 22.8. The van der Waals surface area contributed by atoms with Crippen molar-refractivity contribution in [3.05, 3.63) is 0 Å². The lowest BCUT2D eigenvalue weighted by atomic mass is 9.50. The minimum atomic E-state index is -0.352. The highest BCUT2D eigenvalue weighted by atomic mass is 16.5. The lowest BCUT2D eigenvalue weighted by Crippen LogP contribution is -2.50. The molecule has 0 aliphatic heterocycles. The van der Waals surface area contributed by atoms with E-state index in [1.807, 2.05) is 111 Å². The summed E-state index contributed by atoms with van der Waals surface area (Å²) in [6, 6.07) is 0. The summed E-state index contributed by atoms with van der Waals surface area (Å²) >= 11 is 0. The van der Waals surface area contributed by atoms with Crippen molar-refractivity contribution in [2.75, 3.05) is 28.4 Å². The van der Waals surface area contributed by atoms with Gasteiger partial charge in [-0.05, 0) is 150 Å². The van der Waals surface area contributed by atoms with Crippen LogP contribution in [-0.2, 0) is 38.1 Å². The maximum atomic E-state index is 11.1. The molecule has 58 heavy (non-hydrogen) atoms. The molecule has 8 heteroatoms. The van der Waals surface area contributed by atoms with Crippen LogP contribution in [-0.4, -0.2) is 52.3 Å². The summed E-state index contributed by atoms with van der Waals surface area (Å²) in [5, 5.41) is 0. The highest BCUT2D eigenvalue weighted by Crippen LogP contribution is 2.78. The van der Waals surface area contributed by atoms with Gasteiger partial charge in [0.15, 0.2) is 0 Å². The first kappa shape index (κ1) is 55.9. The molecule has 0 heterocycles. The van der Waals surface area contributed by atoms with Crippen molar-refractivity contribution < 1.29 is 38.1 Å². The Morgan fingerprint density at radius 1 is 0.431 bits per heavy atom. The first-order valence-electron chi connectivity index (χ1n) is 22.3. The Bertz CT molecular complexity index is 1180. The minimum absolute atomic E-state index is 0.137. The highest BCUT2D eigenvalue weighted by Gasteiger charge is 2.72. The molecule has 0 spiro atoms. The van der Waals surface area contributed by atoms with Gasteiger partial charge in [0, 0.05) is 0 Å². The van der Waals surface area contributed by atoms with Crippen LogP contribution in [0.15, 0.2) is 0 Å². The van der Waals surface area contributed by atoms with Gasteiger partial charge < -0.3 is 18.9 Å². The molecule has 4 saturated carbocycles. The fourth-order valence-corrected chi connectivity index (χ4v) is 9.33. The summed E-state index contributed by atoms with van der Waals surface area (Å²) in [4.78, 5) is 44.2. The van der Waals surface area contributed by atoms with E-state index in [1.54, 1.807) is 12.8 Å². The molecule has 4 fully saturated rings. The summed E-state index contributed by atoms with van der Waals surface area (Å²) in [6.45, 7) is 46.6. The average molecular weight is 823 g/mol. The van der Waals surface area contributed by atoms with Crippen LogP contribution in [0.25, 0.3) is 0 Å². The number of esters is 4. The van der Waals surface area contributed by atoms with Crippen LogP contribution < -0.4 is 0 Å². The molecule has 0 N–H and O–H groups in total. The number of hydrogen-bond donors (Lipinski definition) is 0. The van der Waals surface area contributed by atoms with E-state index in [-0.39, 0.29) is 45.5 Å². The zero-order valence-corrected chi connectivity index (χ0v) is 42.6. The largest absolute Gasteiger partial charge is 0.469 e. The second kappa shape index (κ2) is 20.6. The van der Waals surface area contributed by atoms with Gasteiger partial charge in [0.25, 0.3) is 0 Å². The molecule has 0 aromatic rings. The Morgan fingerprint density at radius 3 is 0.759 bits per heavy atom. The van der Waals surface area contributed by atoms with Gasteiger partial charge in [-0.3, -0.25) is 19.2 Å². The van der Waals surface area contributed by atoms with E-state index in [1.165, 1.54) is 28.4 Å². The minimum Gasteiger partial charge on any atom is -0.469 e. The van der Waals surface area contributed by atoms with Gasteiger partial charge in [0.1, 0.15) is 0 Å². The number of rotatable bonds is 8. The quantitative estimate of drug-likeness (QED) is 0.135. The first-order chi connectivity index (χ1) is 26.0. The van der Waals surface area contributed by atoms with E-state index in [2.05, 4.69) is 60.5 Å². The molecular formula is C50H94O8. The van der Waals surface area contributed by atoms with Crippen LogP contribution in [0.5, 0.6) is 0 Å². The zero-order valence-electron chi connectivity index (χ0n) is 42.6. The molecule has 8 atom stereocenters. The van der Waals surface area contributed by atoms with Crippen LogP contribution in [0.4, 0.5) is 0 Å². The molecule has 0 amide bonds. The van der Waals surface area contributed by atoms with Gasteiger partial charge in [0.05, 0.1) is 50.1 Å². The lowest BCUT2D eigenvalue weighted by Gasteiger charge is -2.55. The summed E-state index contributed by atoms with van der Waals surface area (Å²) < 4.78 is 18.5. The molecule has 4 aliphatic carbocycles. The van der Waals surface area contributed by atoms with Crippen molar-refractivity contribution >= 4 is 23.9 Å². The number of hydrogen-bond acceptors (Lipinski definition) is 8. The third kappa shape index (κ3) is 11.4. The highest BCUT2D eigenvalue weighted by molar-refractivity contribution is 5.77. The van der Waals surface area contributed by atoms with Gasteiger partial charge >= 0.3 is 23.9 Å². The number of ether oxygens (including phenoxy) is 4. The number of carbonyl (C=O) groups is 4. The summed E-state index contributed by atoms with van der Waals surface area (Å²) in [7, 11) is 5.69. The maximum Gasteiger partial charge on any atom is 0.311 e. The smallest absolute Gasteiger partial charge is 0.311 e. The zero-order chi connectivity index (χ0) is 46.5. The van der Waals surface area contributed by atoms with Crippen LogP contribution in [0.2, 0.25) is 0 Å². The van der Waals surface area contributed by atoms with Crippen molar-refractivity contribution in [1.82, 2.24) is 0 Å². The molecule has 4 aliphatic rings. The molecule has 342 valence electrons. The Kier molecular flexibility index (Phi) is 19.9. The van der Waals surface area contributed by atoms with Gasteiger partial charge in [-0.1, -0.05) is 96.9 Å². The SMILES string of the molecule is CC1C(C)C2CC1C1C2C2CC1C(C)(C)C2(C)C.COC(=O)C(C)(C)C(C)C.COC(=O)C(C)(C)C(C)C.COC(=O)C(C)(C)C(C)C.COC(=O)C(C)(C)C(C)C. The van der Waals surface area contributed by atoms with E-state index in [0.29, 0.717) is 34.5 Å². The van der Waals surface area contributed by atoms with Crippen LogP contribution in [0.3, 0.4) is 0 Å². The van der Waals surface area contributed by atoms with Crippen molar-refractivity contribution in [2.24, 2.45) is 104 Å². The second-order valence-electron chi connectivity index (χ2n) is 22.8. The van der Waals surface area contributed by atoms with E-state index < -0.39 is 0 Å². The summed E-state index contributed by atoms with van der Waals surface area (Å²) in [6.07, 6.45) is 3.14. The first-order valence-corrected chi connectivity index (χ1v) is 22.3.